The Hall–Kier alpha value is -2.55. The highest BCUT2D eigenvalue weighted by molar-refractivity contribution is 5.82. The molecule has 0 spiro atoms. The number of rotatable bonds is 2. The third kappa shape index (κ3) is 2.07. The summed E-state index contributed by atoms with van der Waals surface area (Å²) in [5, 5.41) is 0.602. The molecule has 20 heavy (non-hydrogen) atoms. The fourth-order valence-electron chi connectivity index (χ4n) is 2.23. The molecule has 0 aliphatic carbocycles. The molecule has 0 saturated carbocycles. The summed E-state index contributed by atoms with van der Waals surface area (Å²) in [7, 11) is 1.60. The molecule has 0 bridgehead atoms. The van der Waals surface area contributed by atoms with E-state index in [9.17, 15) is 4.79 Å². The highest BCUT2D eigenvalue weighted by atomic mass is 16.5. The van der Waals surface area contributed by atoms with Crippen LogP contribution in [0, 0.1) is 6.92 Å². The van der Waals surface area contributed by atoms with Crippen LogP contribution in [-0.4, -0.2) is 7.11 Å². The number of fused-ring (bicyclic) bond motifs is 1. The Kier molecular flexibility index (Phi) is 3.03. The third-order valence-corrected chi connectivity index (χ3v) is 3.31. The topological polar surface area (TPSA) is 39.4 Å². The lowest BCUT2D eigenvalue weighted by molar-refractivity contribution is 0.415. The van der Waals surface area contributed by atoms with Crippen LogP contribution in [0.2, 0.25) is 0 Å². The van der Waals surface area contributed by atoms with Crippen molar-refractivity contribution < 1.29 is 9.15 Å². The van der Waals surface area contributed by atoms with Gasteiger partial charge < -0.3 is 9.15 Å². The van der Waals surface area contributed by atoms with E-state index < -0.39 is 0 Å². The van der Waals surface area contributed by atoms with Crippen LogP contribution in [-0.2, 0) is 0 Å². The summed E-state index contributed by atoms with van der Waals surface area (Å²) in [6, 6.07) is 13.0. The Morgan fingerprint density at radius 3 is 2.75 bits per heavy atom. The normalized spacial score (nSPS) is 10.7. The lowest BCUT2D eigenvalue weighted by Crippen LogP contribution is -2.05. The zero-order valence-electron chi connectivity index (χ0n) is 11.3. The second-order valence-electron chi connectivity index (χ2n) is 4.71. The monoisotopic (exact) mass is 266 g/mol. The molecule has 0 aliphatic heterocycles. The molecule has 0 unspecified atom stereocenters. The average molecular weight is 266 g/mol. The first-order chi connectivity index (χ1) is 9.69. The molecule has 0 radical (unpaired) electrons. The summed E-state index contributed by atoms with van der Waals surface area (Å²) in [6.45, 7) is 1.96. The molecule has 1 heterocycles. The van der Waals surface area contributed by atoms with Crippen molar-refractivity contribution in [2.24, 2.45) is 0 Å². The summed E-state index contributed by atoms with van der Waals surface area (Å²) in [5.74, 6) is 0.714. The first-order valence-electron chi connectivity index (χ1n) is 6.35. The molecule has 2 aromatic carbocycles. The van der Waals surface area contributed by atoms with E-state index >= 15 is 0 Å². The predicted molar refractivity (Wildman–Crippen MR) is 79.2 cm³/mol. The Labute approximate surface area is 116 Å². The van der Waals surface area contributed by atoms with Crippen LogP contribution >= 0.6 is 0 Å². The lowest BCUT2D eigenvalue weighted by atomic mass is 10.0. The molecule has 0 atom stereocenters. The van der Waals surface area contributed by atoms with Crippen molar-refractivity contribution in [1.82, 2.24) is 0 Å². The van der Waals surface area contributed by atoms with Crippen LogP contribution < -0.4 is 10.2 Å². The van der Waals surface area contributed by atoms with Gasteiger partial charge in [-0.1, -0.05) is 23.8 Å². The lowest BCUT2D eigenvalue weighted by Gasteiger charge is -2.05. The van der Waals surface area contributed by atoms with Crippen LogP contribution in [0.3, 0.4) is 0 Å². The Morgan fingerprint density at radius 1 is 1.10 bits per heavy atom. The van der Waals surface area contributed by atoms with E-state index in [1.165, 1.54) is 6.26 Å². The van der Waals surface area contributed by atoms with Crippen molar-refractivity contribution >= 4 is 11.0 Å². The average Bonchev–Trinajstić information content (AvgIpc) is 2.48. The van der Waals surface area contributed by atoms with Gasteiger partial charge in [0.25, 0.3) is 0 Å². The van der Waals surface area contributed by atoms with Gasteiger partial charge in [0.05, 0.1) is 18.1 Å². The number of hydrogen-bond acceptors (Lipinski definition) is 3. The van der Waals surface area contributed by atoms with Gasteiger partial charge in [0.2, 0.25) is 5.43 Å². The molecular formula is C17H14O3. The number of methoxy groups -OCH3 is 1. The van der Waals surface area contributed by atoms with Gasteiger partial charge in [0.15, 0.2) is 0 Å². The molecule has 0 aliphatic rings. The molecule has 3 nitrogen and oxygen atoms in total. The SMILES string of the molecule is COc1cccc(-c2coc3ccc(C)cc3c2=O)c1. The molecule has 0 fully saturated rings. The Morgan fingerprint density at radius 2 is 1.95 bits per heavy atom. The fraction of sp³-hybridized carbons (Fsp3) is 0.118. The van der Waals surface area contributed by atoms with Gasteiger partial charge in [-0.25, -0.2) is 0 Å². The summed E-state index contributed by atoms with van der Waals surface area (Å²) in [4.78, 5) is 12.6. The van der Waals surface area contributed by atoms with Crippen LogP contribution in [0.25, 0.3) is 22.1 Å². The van der Waals surface area contributed by atoms with E-state index in [0.717, 1.165) is 11.1 Å². The largest absolute Gasteiger partial charge is 0.497 e. The smallest absolute Gasteiger partial charge is 0.200 e. The summed E-state index contributed by atoms with van der Waals surface area (Å²) in [6.07, 6.45) is 1.51. The third-order valence-electron chi connectivity index (χ3n) is 3.31. The first-order valence-corrected chi connectivity index (χ1v) is 6.35. The Bertz CT molecular complexity index is 831. The van der Waals surface area contributed by atoms with Gasteiger partial charge in [-0.15, -0.1) is 0 Å². The second-order valence-corrected chi connectivity index (χ2v) is 4.71. The van der Waals surface area contributed by atoms with Gasteiger partial charge in [-0.2, -0.15) is 0 Å². The van der Waals surface area contributed by atoms with Crippen molar-refractivity contribution in [2.75, 3.05) is 7.11 Å². The van der Waals surface area contributed by atoms with Crippen LogP contribution in [0.15, 0.2) is 57.9 Å². The van der Waals surface area contributed by atoms with Gasteiger partial charge >= 0.3 is 0 Å². The molecule has 100 valence electrons. The maximum absolute atomic E-state index is 12.6. The Balaban J connectivity index is 2.26. The van der Waals surface area contributed by atoms with Crippen LogP contribution in [0.4, 0.5) is 0 Å². The minimum atomic E-state index is -0.0248. The molecule has 3 rings (SSSR count). The van der Waals surface area contributed by atoms with Crippen molar-refractivity contribution in [2.45, 2.75) is 6.92 Å². The predicted octanol–water partition coefficient (Wildman–Crippen LogP) is 3.78. The maximum Gasteiger partial charge on any atom is 0.200 e. The van der Waals surface area contributed by atoms with Gasteiger partial charge in [-0.3, -0.25) is 4.79 Å². The zero-order valence-corrected chi connectivity index (χ0v) is 11.3. The highest BCUT2D eigenvalue weighted by Gasteiger charge is 2.09. The van der Waals surface area contributed by atoms with Crippen LogP contribution in [0.1, 0.15) is 5.56 Å². The van der Waals surface area contributed by atoms with E-state index in [0.29, 0.717) is 22.3 Å². The summed E-state index contributed by atoms with van der Waals surface area (Å²) >= 11 is 0. The number of hydrogen-bond donors (Lipinski definition) is 0. The van der Waals surface area contributed by atoms with Crippen molar-refractivity contribution in [3.05, 3.63) is 64.5 Å². The van der Waals surface area contributed by atoms with Gasteiger partial charge in [0.1, 0.15) is 17.6 Å². The number of benzene rings is 2. The summed E-state index contributed by atoms with van der Waals surface area (Å²) < 4.78 is 10.8. The highest BCUT2D eigenvalue weighted by Crippen LogP contribution is 2.23. The quantitative estimate of drug-likeness (QED) is 0.708. The molecule has 1 aromatic heterocycles. The maximum atomic E-state index is 12.6. The molecule has 3 aromatic rings. The van der Waals surface area contributed by atoms with E-state index in [4.69, 9.17) is 9.15 Å². The zero-order chi connectivity index (χ0) is 14.1. The number of ether oxygens (including phenoxy) is 1. The minimum absolute atomic E-state index is 0.0248. The molecular weight excluding hydrogens is 252 g/mol. The molecule has 0 saturated heterocycles. The van der Waals surface area contributed by atoms with E-state index in [1.807, 2.05) is 49.4 Å². The van der Waals surface area contributed by atoms with Crippen molar-refractivity contribution in [1.29, 1.82) is 0 Å². The van der Waals surface area contributed by atoms with Crippen LogP contribution in [0.5, 0.6) is 5.75 Å². The first kappa shape index (κ1) is 12.5. The van der Waals surface area contributed by atoms with Gasteiger partial charge in [0, 0.05) is 0 Å². The second kappa shape index (κ2) is 4.85. The molecule has 3 heteroatoms. The van der Waals surface area contributed by atoms with Crippen molar-refractivity contribution in [3.63, 3.8) is 0 Å². The number of aryl methyl sites for hydroxylation is 1. The fourth-order valence-corrected chi connectivity index (χ4v) is 2.23. The molecule has 0 N–H and O–H groups in total. The van der Waals surface area contributed by atoms with E-state index in [2.05, 4.69) is 0 Å². The minimum Gasteiger partial charge on any atom is -0.497 e. The van der Waals surface area contributed by atoms with E-state index in [1.54, 1.807) is 7.11 Å². The molecule has 0 amide bonds. The summed E-state index contributed by atoms with van der Waals surface area (Å²) in [5.41, 5.74) is 2.95. The van der Waals surface area contributed by atoms with Gasteiger partial charge in [-0.05, 0) is 36.8 Å². The standard InChI is InChI=1S/C17H14O3/c1-11-6-7-16-14(8-11)17(18)15(10-20-16)12-4-3-5-13(9-12)19-2/h3-10H,1-2H3. The van der Waals surface area contributed by atoms with E-state index in [-0.39, 0.29) is 5.43 Å². The van der Waals surface area contributed by atoms with Crippen molar-refractivity contribution in [3.8, 4) is 16.9 Å².